The molecule has 2 aromatic carbocycles. The molecule has 0 spiro atoms. The van der Waals surface area contributed by atoms with E-state index in [0.29, 0.717) is 22.6 Å². The lowest BCUT2D eigenvalue weighted by molar-refractivity contribution is 0.476. The summed E-state index contributed by atoms with van der Waals surface area (Å²) in [5, 5.41) is 1.07. The number of benzene rings is 2. The largest absolute Gasteiger partial charge is 0.207 e. The molecule has 0 bridgehead atoms. The van der Waals surface area contributed by atoms with Gasteiger partial charge in [0.15, 0.2) is 11.6 Å². The maximum atomic E-state index is 13.9. The van der Waals surface area contributed by atoms with E-state index in [0.717, 1.165) is 11.6 Å². The van der Waals surface area contributed by atoms with Gasteiger partial charge in [0.1, 0.15) is 5.82 Å². The first-order chi connectivity index (χ1) is 10.0. The predicted molar refractivity (Wildman–Crippen MR) is 85.7 cm³/mol. The van der Waals surface area contributed by atoms with Crippen molar-refractivity contribution in [2.45, 2.75) is 11.8 Å². The summed E-state index contributed by atoms with van der Waals surface area (Å²) in [7, 11) is 0. The fraction of sp³-hybridized carbons (Fsp3) is 0.250. The molecule has 2 aromatic rings. The smallest absolute Gasteiger partial charge is 0.162 e. The Hall–Kier alpha value is -0.810. The van der Waals surface area contributed by atoms with Gasteiger partial charge in [-0.15, -0.1) is 0 Å². The molecule has 0 atom stereocenters. The van der Waals surface area contributed by atoms with E-state index in [-0.39, 0.29) is 5.82 Å². The van der Waals surface area contributed by atoms with Gasteiger partial charge in [0.25, 0.3) is 0 Å². The van der Waals surface area contributed by atoms with Gasteiger partial charge >= 0.3 is 0 Å². The Labute approximate surface area is 138 Å². The zero-order valence-corrected chi connectivity index (χ0v) is 14.2. The monoisotopic (exact) mass is 420 g/mol. The van der Waals surface area contributed by atoms with Crippen molar-refractivity contribution < 1.29 is 13.2 Å². The molecule has 0 aliphatic carbocycles. The number of hydrogen-bond acceptors (Lipinski definition) is 0. The Morgan fingerprint density at radius 1 is 0.857 bits per heavy atom. The standard InChI is InChI=1S/C16H13Br2F3/c17-9-16(10-18,12-4-6-13(19)7-5-12)8-11-2-1-3-14(20)15(11)21/h1-7H,8-10H2. The maximum absolute atomic E-state index is 13.9. The first kappa shape index (κ1) is 16.6. The molecule has 0 amide bonds. The molecule has 0 aliphatic heterocycles. The average molecular weight is 422 g/mol. The molecule has 21 heavy (non-hydrogen) atoms. The summed E-state index contributed by atoms with van der Waals surface area (Å²) in [5.41, 5.74) is 0.682. The van der Waals surface area contributed by atoms with E-state index in [9.17, 15) is 13.2 Å². The molecule has 0 aliphatic rings. The van der Waals surface area contributed by atoms with Crippen LogP contribution < -0.4 is 0 Å². The van der Waals surface area contributed by atoms with Crippen LogP contribution in [0, 0.1) is 17.5 Å². The lowest BCUT2D eigenvalue weighted by atomic mass is 9.79. The minimum Gasteiger partial charge on any atom is -0.207 e. The average Bonchev–Trinajstić information content (AvgIpc) is 2.50. The second-order valence-corrected chi connectivity index (χ2v) is 6.07. The van der Waals surface area contributed by atoms with E-state index < -0.39 is 17.0 Å². The van der Waals surface area contributed by atoms with Gasteiger partial charge in [0.2, 0.25) is 0 Å². The van der Waals surface area contributed by atoms with Crippen molar-refractivity contribution in [2.75, 3.05) is 10.7 Å². The molecule has 5 heteroatoms. The quantitative estimate of drug-likeness (QED) is 0.569. The molecule has 0 heterocycles. The van der Waals surface area contributed by atoms with Gasteiger partial charge in [-0.05, 0) is 35.7 Å². The molecular weight excluding hydrogens is 409 g/mol. The third-order valence-corrected chi connectivity index (χ3v) is 5.68. The predicted octanol–water partition coefficient (Wildman–Crippen LogP) is 5.37. The number of alkyl halides is 2. The summed E-state index contributed by atoms with van der Waals surface area (Å²) in [6.45, 7) is 0. The van der Waals surface area contributed by atoms with Crippen LogP contribution in [0.3, 0.4) is 0 Å². The summed E-state index contributed by atoms with van der Waals surface area (Å²) >= 11 is 6.90. The summed E-state index contributed by atoms with van der Waals surface area (Å²) in [4.78, 5) is 0. The van der Waals surface area contributed by atoms with Gasteiger partial charge in [-0.2, -0.15) is 0 Å². The lowest BCUT2D eigenvalue weighted by Crippen LogP contribution is -2.33. The Morgan fingerprint density at radius 3 is 2.05 bits per heavy atom. The highest BCUT2D eigenvalue weighted by atomic mass is 79.9. The van der Waals surface area contributed by atoms with E-state index in [2.05, 4.69) is 31.9 Å². The van der Waals surface area contributed by atoms with E-state index in [1.807, 2.05) is 0 Å². The zero-order valence-electron chi connectivity index (χ0n) is 11.1. The van der Waals surface area contributed by atoms with Crippen LogP contribution in [0.2, 0.25) is 0 Å². The van der Waals surface area contributed by atoms with E-state index in [1.165, 1.54) is 18.2 Å². The Balaban J connectivity index is 2.43. The molecule has 0 saturated heterocycles. The van der Waals surface area contributed by atoms with Gasteiger partial charge in [-0.1, -0.05) is 56.1 Å². The third kappa shape index (κ3) is 3.51. The second-order valence-electron chi connectivity index (χ2n) is 4.94. The van der Waals surface area contributed by atoms with Crippen LogP contribution in [0.1, 0.15) is 11.1 Å². The molecule has 0 N–H and O–H groups in total. The van der Waals surface area contributed by atoms with Crippen molar-refractivity contribution >= 4 is 31.9 Å². The van der Waals surface area contributed by atoms with Gasteiger partial charge in [0, 0.05) is 16.1 Å². The summed E-state index contributed by atoms with van der Waals surface area (Å²) in [5.74, 6) is -2.01. The Kier molecular flexibility index (Phi) is 5.49. The fourth-order valence-electron chi connectivity index (χ4n) is 2.24. The van der Waals surface area contributed by atoms with Gasteiger partial charge < -0.3 is 0 Å². The lowest BCUT2D eigenvalue weighted by Gasteiger charge is -2.31. The third-order valence-electron chi connectivity index (χ3n) is 3.53. The van der Waals surface area contributed by atoms with Crippen molar-refractivity contribution in [3.8, 4) is 0 Å². The van der Waals surface area contributed by atoms with Crippen LogP contribution in [0.15, 0.2) is 42.5 Å². The normalized spacial score (nSPS) is 11.7. The first-order valence-corrected chi connectivity index (χ1v) is 8.57. The minimum atomic E-state index is -0.857. The summed E-state index contributed by atoms with van der Waals surface area (Å²) in [6, 6.07) is 10.3. The van der Waals surface area contributed by atoms with Crippen molar-refractivity contribution in [3.05, 3.63) is 71.0 Å². The van der Waals surface area contributed by atoms with E-state index in [4.69, 9.17) is 0 Å². The highest BCUT2D eigenvalue weighted by molar-refractivity contribution is 9.09. The van der Waals surface area contributed by atoms with E-state index in [1.54, 1.807) is 18.2 Å². The molecular formula is C16H13Br2F3. The highest BCUT2D eigenvalue weighted by Crippen LogP contribution is 2.34. The molecule has 0 saturated carbocycles. The SMILES string of the molecule is Fc1ccc(C(CBr)(CBr)Cc2cccc(F)c2F)cc1. The van der Waals surface area contributed by atoms with Crippen LogP contribution in [0.5, 0.6) is 0 Å². The topological polar surface area (TPSA) is 0 Å². The van der Waals surface area contributed by atoms with E-state index >= 15 is 0 Å². The second kappa shape index (κ2) is 6.97. The van der Waals surface area contributed by atoms with Crippen molar-refractivity contribution in [2.24, 2.45) is 0 Å². The fourth-order valence-corrected chi connectivity index (χ4v) is 4.21. The first-order valence-electron chi connectivity index (χ1n) is 6.33. The molecule has 0 radical (unpaired) electrons. The van der Waals surface area contributed by atoms with Crippen LogP contribution in [-0.4, -0.2) is 10.7 Å². The highest BCUT2D eigenvalue weighted by Gasteiger charge is 2.32. The molecule has 0 nitrogen and oxygen atoms in total. The number of hydrogen-bond donors (Lipinski definition) is 0. The maximum Gasteiger partial charge on any atom is 0.162 e. The molecule has 112 valence electrons. The van der Waals surface area contributed by atoms with Crippen LogP contribution in [-0.2, 0) is 11.8 Å². The summed E-state index contributed by atoms with van der Waals surface area (Å²) < 4.78 is 40.4. The molecule has 2 rings (SSSR count). The minimum absolute atomic E-state index is 0.304. The van der Waals surface area contributed by atoms with Gasteiger partial charge in [0.05, 0.1) is 0 Å². The zero-order chi connectivity index (χ0) is 15.5. The number of rotatable bonds is 5. The van der Waals surface area contributed by atoms with Crippen LogP contribution >= 0.6 is 31.9 Å². The Morgan fingerprint density at radius 2 is 1.48 bits per heavy atom. The molecule has 0 unspecified atom stereocenters. The van der Waals surface area contributed by atoms with Crippen molar-refractivity contribution in [3.63, 3.8) is 0 Å². The summed E-state index contributed by atoms with van der Waals surface area (Å²) in [6.07, 6.45) is 0.304. The van der Waals surface area contributed by atoms with Crippen molar-refractivity contribution in [1.29, 1.82) is 0 Å². The van der Waals surface area contributed by atoms with Crippen molar-refractivity contribution in [1.82, 2.24) is 0 Å². The van der Waals surface area contributed by atoms with Crippen LogP contribution in [0.25, 0.3) is 0 Å². The van der Waals surface area contributed by atoms with Crippen LogP contribution in [0.4, 0.5) is 13.2 Å². The molecule has 0 fully saturated rings. The molecule has 0 aromatic heterocycles. The van der Waals surface area contributed by atoms with Gasteiger partial charge in [-0.25, -0.2) is 13.2 Å². The Bertz CT molecular complexity index is 607. The number of halogens is 5. The van der Waals surface area contributed by atoms with Gasteiger partial charge in [-0.3, -0.25) is 0 Å².